The molecule has 0 fully saturated rings. The van der Waals surface area contributed by atoms with Crippen molar-refractivity contribution in [3.63, 3.8) is 0 Å². The van der Waals surface area contributed by atoms with Gasteiger partial charge in [0, 0.05) is 23.3 Å². The van der Waals surface area contributed by atoms with Gasteiger partial charge in [0.15, 0.2) is 5.65 Å². The van der Waals surface area contributed by atoms with Crippen LogP contribution in [0.25, 0.3) is 16.9 Å². The number of carbonyl (C=O) groups excluding carboxylic acids is 1. The van der Waals surface area contributed by atoms with E-state index in [4.69, 9.17) is 17.3 Å². The summed E-state index contributed by atoms with van der Waals surface area (Å²) in [6.45, 7) is 2.13. The van der Waals surface area contributed by atoms with Gasteiger partial charge in [0.1, 0.15) is 5.69 Å². The van der Waals surface area contributed by atoms with Gasteiger partial charge in [-0.2, -0.15) is 4.98 Å². The van der Waals surface area contributed by atoms with Crippen molar-refractivity contribution in [2.75, 3.05) is 12.3 Å². The molecular weight excluding hydrogens is 416 g/mol. The molecule has 9 heteroatoms. The predicted octanol–water partition coefficient (Wildman–Crippen LogP) is 3.19. The van der Waals surface area contributed by atoms with Gasteiger partial charge in [-0.1, -0.05) is 29.8 Å². The van der Waals surface area contributed by atoms with Gasteiger partial charge in [-0.3, -0.25) is 4.79 Å². The first-order valence-electron chi connectivity index (χ1n) is 9.72. The number of anilines is 1. The average Bonchev–Trinajstić information content (AvgIpc) is 3.13. The third kappa shape index (κ3) is 4.65. The fourth-order valence-electron chi connectivity index (χ4n) is 3.24. The number of rotatable bonds is 6. The van der Waals surface area contributed by atoms with Crippen molar-refractivity contribution in [3.8, 4) is 11.3 Å². The van der Waals surface area contributed by atoms with Crippen LogP contribution in [0.15, 0.2) is 54.7 Å². The van der Waals surface area contributed by atoms with Gasteiger partial charge in [-0.25, -0.2) is 9.50 Å². The van der Waals surface area contributed by atoms with Crippen molar-refractivity contribution in [2.24, 2.45) is 0 Å². The van der Waals surface area contributed by atoms with Gasteiger partial charge in [-0.15, -0.1) is 5.10 Å². The number of hydrogen-bond acceptors (Lipinski definition) is 6. The van der Waals surface area contributed by atoms with Crippen LogP contribution >= 0.6 is 11.6 Å². The monoisotopic (exact) mass is 436 g/mol. The molecule has 4 aromatic rings. The summed E-state index contributed by atoms with van der Waals surface area (Å²) in [6.07, 6.45) is 1.42. The van der Waals surface area contributed by atoms with Crippen LogP contribution in [0, 0.1) is 6.92 Å². The minimum Gasteiger partial charge on any atom is -0.388 e. The number of nitrogens with two attached hydrogens (primary N) is 1. The minimum atomic E-state index is -0.694. The Labute approximate surface area is 183 Å². The first-order valence-corrected chi connectivity index (χ1v) is 10.1. The fourth-order valence-corrected chi connectivity index (χ4v) is 3.36. The Morgan fingerprint density at radius 3 is 2.74 bits per heavy atom. The number of halogens is 1. The van der Waals surface area contributed by atoms with Crippen molar-refractivity contribution >= 4 is 29.1 Å². The lowest BCUT2D eigenvalue weighted by Gasteiger charge is -2.13. The first kappa shape index (κ1) is 20.8. The number of pyridine rings is 2. The van der Waals surface area contributed by atoms with Crippen LogP contribution in [0.2, 0.25) is 5.02 Å². The summed E-state index contributed by atoms with van der Waals surface area (Å²) in [6, 6.07) is 14.3. The molecule has 0 aliphatic heterocycles. The van der Waals surface area contributed by atoms with E-state index >= 15 is 0 Å². The van der Waals surface area contributed by atoms with Crippen molar-refractivity contribution in [1.29, 1.82) is 0 Å². The van der Waals surface area contributed by atoms with Crippen molar-refractivity contribution in [2.45, 2.75) is 19.4 Å². The summed E-state index contributed by atoms with van der Waals surface area (Å²) < 4.78 is 1.58. The first-order chi connectivity index (χ1) is 14.9. The number of amides is 1. The maximum absolute atomic E-state index is 12.7. The van der Waals surface area contributed by atoms with Crippen LogP contribution in [0.3, 0.4) is 0 Å². The maximum atomic E-state index is 12.7. The van der Waals surface area contributed by atoms with E-state index in [0.29, 0.717) is 35.0 Å². The second kappa shape index (κ2) is 8.71. The van der Waals surface area contributed by atoms with Crippen LogP contribution < -0.4 is 11.1 Å². The summed E-state index contributed by atoms with van der Waals surface area (Å²) >= 11 is 5.87. The van der Waals surface area contributed by atoms with Gasteiger partial charge in [0.25, 0.3) is 5.91 Å². The molecule has 3 heterocycles. The molecule has 0 saturated heterocycles. The zero-order valence-electron chi connectivity index (χ0n) is 16.8. The lowest BCUT2D eigenvalue weighted by Crippen LogP contribution is -2.27. The molecule has 4 rings (SSSR count). The van der Waals surface area contributed by atoms with E-state index in [2.05, 4.69) is 20.4 Å². The quantitative estimate of drug-likeness (QED) is 0.427. The standard InChI is InChI=1S/C22H21ClN6O2/c1-13-2-7-17(15-9-11-29-19(12-15)27-22(24)28-29)26-20(13)21(31)25-10-8-18(30)14-3-5-16(23)6-4-14/h2-7,9,11-12,18,30H,8,10H2,1H3,(H2,24,28)(H,25,31)/t18-/m0/s1. The molecule has 1 amide bonds. The molecule has 4 N–H and O–H groups in total. The van der Waals surface area contributed by atoms with E-state index in [-0.39, 0.29) is 11.9 Å². The molecule has 8 nitrogen and oxygen atoms in total. The molecule has 0 aliphatic rings. The molecule has 0 spiro atoms. The summed E-state index contributed by atoms with van der Waals surface area (Å²) in [5.41, 5.74) is 9.51. The van der Waals surface area contributed by atoms with Crippen LogP contribution in [-0.4, -0.2) is 37.1 Å². The van der Waals surface area contributed by atoms with Crippen molar-refractivity contribution < 1.29 is 9.90 Å². The van der Waals surface area contributed by atoms with E-state index in [1.807, 2.05) is 31.2 Å². The molecule has 0 saturated carbocycles. The number of fused-ring (bicyclic) bond motifs is 1. The van der Waals surface area contributed by atoms with Gasteiger partial charge >= 0.3 is 0 Å². The predicted molar refractivity (Wildman–Crippen MR) is 119 cm³/mol. The summed E-state index contributed by atoms with van der Waals surface area (Å²) in [4.78, 5) is 21.4. The molecule has 1 atom stereocenters. The number of aromatic nitrogens is 4. The van der Waals surface area contributed by atoms with E-state index in [1.54, 1.807) is 35.0 Å². The molecule has 1 aromatic carbocycles. The highest BCUT2D eigenvalue weighted by atomic mass is 35.5. The van der Waals surface area contributed by atoms with E-state index < -0.39 is 6.10 Å². The third-order valence-corrected chi connectivity index (χ3v) is 5.17. The zero-order chi connectivity index (χ0) is 22.0. The van der Waals surface area contributed by atoms with Gasteiger partial charge < -0.3 is 16.2 Å². The van der Waals surface area contributed by atoms with Crippen molar-refractivity contribution in [3.05, 3.63) is 76.6 Å². The second-order valence-electron chi connectivity index (χ2n) is 7.16. The smallest absolute Gasteiger partial charge is 0.270 e. The van der Waals surface area contributed by atoms with Gasteiger partial charge in [0.05, 0.1) is 11.8 Å². The molecule has 3 aromatic heterocycles. The Morgan fingerprint density at radius 2 is 1.97 bits per heavy atom. The lowest BCUT2D eigenvalue weighted by molar-refractivity contribution is 0.0937. The Kier molecular flexibility index (Phi) is 5.83. The SMILES string of the molecule is Cc1ccc(-c2ccn3nc(N)nc3c2)nc1C(=O)NCC[C@H](O)c1ccc(Cl)cc1. The molecule has 0 aliphatic carbocycles. The fraction of sp³-hybridized carbons (Fsp3) is 0.182. The highest BCUT2D eigenvalue weighted by molar-refractivity contribution is 6.30. The third-order valence-electron chi connectivity index (χ3n) is 4.92. The molecular formula is C22H21ClN6O2. The summed E-state index contributed by atoms with van der Waals surface area (Å²) in [5, 5.41) is 17.8. The number of nitrogens with one attached hydrogen (secondary N) is 1. The molecule has 0 bridgehead atoms. The number of aliphatic hydroxyl groups excluding tert-OH is 1. The van der Waals surface area contributed by atoms with Crippen LogP contribution in [0.4, 0.5) is 5.95 Å². The number of benzene rings is 1. The van der Waals surface area contributed by atoms with E-state index in [0.717, 1.165) is 16.7 Å². The van der Waals surface area contributed by atoms with Crippen molar-refractivity contribution in [1.82, 2.24) is 24.9 Å². The zero-order valence-corrected chi connectivity index (χ0v) is 17.5. The number of aliphatic hydroxyl groups is 1. The number of nitrogen functional groups attached to an aromatic ring is 1. The number of hydrogen-bond donors (Lipinski definition) is 3. The number of aryl methyl sites for hydroxylation is 1. The van der Waals surface area contributed by atoms with Crippen LogP contribution in [0.5, 0.6) is 0 Å². The van der Waals surface area contributed by atoms with Crippen LogP contribution in [-0.2, 0) is 0 Å². The summed E-state index contributed by atoms with van der Waals surface area (Å²) in [7, 11) is 0. The Hall–Kier alpha value is -3.49. The molecule has 158 valence electrons. The number of carbonyl (C=O) groups is 1. The average molecular weight is 437 g/mol. The second-order valence-corrected chi connectivity index (χ2v) is 7.60. The lowest BCUT2D eigenvalue weighted by atomic mass is 10.1. The van der Waals surface area contributed by atoms with Gasteiger partial charge in [0.2, 0.25) is 5.95 Å². The Balaban J connectivity index is 1.45. The molecule has 0 unspecified atom stereocenters. The molecule has 31 heavy (non-hydrogen) atoms. The van der Waals surface area contributed by atoms with E-state index in [9.17, 15) is 9.90 Å². The van der Waals surface area contributed by atoms with Crippen LogP contribution in [0.1, 0.15) is 34.1 Å². The number of nitrogens with zero attached hydrogens (tertiary/aromatic N) is 4. The highest BCUT2D eigenvalue weighted by Gasteiger charge is 2.14. The minimum absolute atomic E-state index is 0.190. The Bertz CT molecular complexity index is 1240. The topological polar surface area (TPSA) is 118 Å². The summed E-state index contributed by atoms with van der Waals surface area (Å²) in [5.74, 6) is -0.106. The van der Waals surface area contributed by atoms with E-state index in [1.165, 1.54) is 0 Å². The van der Waals surface area contributed by atoms with Gasteiger partial charge in [-0.05, 0) is 54.8 Å². The highest BCUT2D eigenvalue weighted by Crippen LogP contribution is 2.21. The largest absolute Gasteiger partial charge is 0.388 e. The molecule has 0 radical (unpaired) electrons. The maximum Gasteiger partial charge on any atom is 0.270 e. The Morgan fingerprint density at radius 1 is 1.19 bits per heavy atom. The normalized spacial score (nSPS) is 12.1.